The van der Waals surface area contributed by atoms with Gasteiger partial charge in [-0.25, -0.2) is 4.68 Å². The van der Waals surface area contributed by atoms with Crippen LogP contribution in [-0.2, 0) is 12.8 Å². The monoisotopic (exact) mass is 305 g/mol. The summed E-state index contributed by atoms with van der Waals surface area (Å²) in [6.07, 6.45) is 7.66. The lowest BCUT2D eigenvalue weighted by molar-refractivity contribution is 0.0973. The number of rotatable bonds is 3. The second-order valence-electron chi connectivity index (χ2n) is 6.04. The van der Waals surface area contributed by atoms with E-state index in [1.807, 2.05) is 52.9 Å². The summed E-state index contributed by atoms with van der Waals surface area (Å²) in [5, 5.41) is 4.68. The van der Waals surface area contributed by atoms with E-state index in [0.717, 1.165) is 46.7 Å². The van der Waals surface area contributed by atoms with Gasteiger partial charge >= 0.3 is 0 Å². The van der Waals surface area contributed by atoms with Gasteiger partial charge in [-0.15, -0.1) is 0 Å². The highest BCUT2D eigenvalue weighted by Gasteiger charge is 2.33. The van der Waals surface area contributed by atoms with Gasteiger partial charge in [0.05, 0.1) is 11.4 Å². The Kier molecular flexibility index (Phi) is 3.18. The number of carbonyl (C=O) groups is 1. The van der Waals surface area contributed by atoms with E-state index in [4.69, 9.17) is 0 Å². The number of amides is 1. The first kappa shape index (κ1) is 14.0. The highest BCUT2D eigenvalue weighted by Crippen LogP contribution is 2.30. The molecule has 1 aromatic heterocycles. The van der Waals surface area contributed by atoms with Crippen molar-refractivity contribution in [2.45, 2.75) is 26.7 Å². The zero-order valence-electron chi connectivity index (χ0n) is 13.4. The van der Waals surface area contributed by atoms with Crippen molar-refractivity contribution in [2.24, 2.45) is 0 Å². The Morgan fingerprint density at radius 2 is 2.13 bits per heavy atom. The number of hydrogen-bond donors (Lipinski definition) is 0. The van der Waals surface area contributed by atoms with Gasteiger partial charge in [0.1, 0.15) is 5.69 Å². The van der Waals surface area contributed by atoms with E-state index < -0.39 is 0 Å². The van der Waals surface area contributed by atoms with Gasteiger partial charge < -0.3 is 4.90 Å². The minimum Gasteiger partial charge on any atom is -0.307 e. The zero-order valence-corrected chi connectivity index (χ0v) is 13.4. The van der Waals surface area contributed by atoms with Crippen LogP contribution in [0.15, 0.2) is 42.5 Å². The molecule has 0 N–H and O–H groups in total. The van der Waals surface area contributed by atoms with Crippen molar-refractivity contribution >= 4 is 17.3 Å². The standard InChI is InChI=1S/C19H19N3O/c1-3-17-16-10-11-21(15-9-4-6-13(2)12-15)19(23)18(16)22(20-17)14-7-5-8-14/h4-9,12H,3,10-11H2,1-2H3. The molecule has 0 fully saturated rings. The largest absolute Gasteiger partial charge is 0.307 e. The van der Waals surface area contributed by atoms with Crippen molar-refractivity contribution in [1.29, 1.82) is 0 Å². The van der Waals surface area contributed by atoms with E-state index in [-0.39, 0.29) is 5.91 Å². The van der Waals surface area contributed by atoms with Gasteiger partial charge in [0.15, 0.2) is 0 Å². The van der Waals surface area contributed by atoms with Crippen LogP contribution in [0.5, 0.6) is 0 Å². The smallest absolute Gasteiger partial charge is 0.277 e. The second-order valence-corrected chi connectivity index (χ2v) is 6.04. The Hall–Kier alpha value is -2.62. The first-order valence-electron chi connectivity index (χ1n) is 8.07. The maximum absolute atomic E-state index is 13.1. The summed E-state index contributed by atoms with van der Waals surface area (Å²) in [6, 6.07) is 8.11. The second kappa shape index (κ2) is 5.23. The molecule has 0 radical (unpaired) electrons. The molecule has 1 aliphatic carbocycles. The molecule has 4 heteroatoms. The predicted octanol–water partition coefficient (Wildman–Crippen LogP) is 3.37. The van der Waals surface area contributed by atoms with Crippen LogP contribution in [0.3, 0.4) is 0 Å². The Morgan fingerprint density at radius 3 is 2.78 bits per heavy atom. The van der Waals surface area contributed by atoms with Crippen molar-refractivity contribution in [2.75, 3.05) is 11.4 Å². The fraction of sp³-hybridized carbons (Fsp3) is 0.263. The topological polar surface area (TPSA) is 38.1 Å². The molecular weight excluding hydrogens is 286 g/mol. The molecule has 1 aromatic carbocycles. The maximum atomic E-state index is 13.1. The zero-order chi connectivity index (χ0) is 16.0. The molecule has 1 aliphatic heterocycles. The Balaban J connectivity index is 1.80. The lowest BCUT2D eigenvalue weighted by Crippen LogP contribution is -2.39. The van der Waals surface area contributed by atoms with E-state index in [2.05, 4.69) is 18.1 Å². The lowest BCUT2D eigenvalue weighted by Gasteiger charge is -2.28. The van der Waals surface area contributed by atoms with E-state index >= 15 is 0 Å². The number of benzene rings is 1. The molecule has 0 saturated heterocycles. The highest BCUT2D eigenvalue weighted by atomic mass is 16.2. The van der Waals surface area contributed by atoms with Gasteiger partial charge in [-0.05, 0) is 49.6 Å². The van der Waals surface area contributed by atoms with Crippen molar-refractivity contribution < 1.29 is 4.79 Å². The summed E-state index contributed by atoms with van der Waals surface area (Å²) >= 11 is 0. The molecule has 1 amide bonds. The average molecular weight is 305 g/mol. The van der Waals surface area contributed by atoms with Crippen molar-refractivity contribution in [1.82, 2.24) is 9.78 Å². The number of nitrogens with zero attached hydrogens (tertiary/aromatic N) is 3. The number of carbonyl (C=O) groups excluding carboxylic acids is 1. The number of anilines is 1. The van der Waals surface area contributed by atoms with Crippen LogP contribution >= 0.6 is 0 Å². The van der Waals surface area contributed by atoms with Gasteiger partial charge in [-0.2, -0.15) is 5.10 Å². The summed E-state index contributed by atoms with van der Waals surface area (Å²) in [5.41, 5.74) is 5.99. The normalized spacial score (nSPS) is 16.2. The first-order valence-corrected chi connectivity index (χ1v) is 8.07. The summed E-state index contributed by atoms with van der Waals surface area (Å²) < 4.78 is 1.82. The van der Waals surface area contributed by atoms with Gasteiger partial charge in [0, 0.05) is 17.8 Å². The Labute approximate surface area is 135 Å². The lowest BCUT2D eigenvalue weighted by atomic mass is 10.0. The summed E-state index contributed by atoms with van der Waals surface area (Å²) in [4.78, 5) is 15.0. The Morgan fingerprint density at radius 1 is 1.30 bits per heavy atom. The molecule has 0 unspecified atom stereocenters. The van der Waals surface area contributed by atoms with Gasteiger partial charge in [0.2, 0.25) is 0 Å². The maximum Gasteiger partial charge on any atom is 0.277 e. The molecular formula is C19H19N3O. The molecule has 4 rings (SSSR count). The van der Waals surface area contributed by atoms with Crippen LogP contribution < -0.4 is 4.90 Å². The molecule has 0 bridgehead atoms. The summed E-state index contributed by atoms with van der Waals surface area (Å²) in [5.74, 6) is 0.0465. The first-order chi connectivity index (χ1) is 11.2. The molecule has 0 spiro atoms. The minimum absolute atomic E-state index is 0.0465. The number of allylic oxidation sites excluding steroid dienone is 4. The van der Waals surface area contributed by atoms with E-state index in [0.29, 0.717) is 6.54 Å². The van der Waals surface area contributed by atoms with Crippen molar-refractivity contribution in [3.8, 4) is 0 Å². The molecule has 4 nitrogen and oxygen atoms in total. The highest BCUT2D eigenvalue weighted by molar-refractivity contribution is 6.08. The van der Waals surface area contributed by atoms with Crippen LogP contribution in [-0.4, -0.2) is 22.2 Å². The number of fused-ring (bicyclic) bond motifs is 1. The molecule has 0 atom stereocenters. The van der Waals surface area contributed by atoms with Crippen LogP contribution in [0.25, 0.3) is 5.70 Å². The summed E-state index contributed by atoms with van der Waals surface area (Å²) in [7, 11) is 0. The van der Waals surface area contributed by atoms with Crippen LogP contribution in [0.2, 0.25) is 0 Å². The predicted molar refractivity (Wildman–Crippen MR) is 91.6 cm³/mol. The van der Waals surface area contributed by atoms with Gasteiger partial charge in [-0.3, -0.25) is 4.79 Å². The molecule has 2 aromatic rings. The molecule has 2 heterocycles. The van der Waals surface area contributed by atoms with Crippen LogP contribution in [0.4, 0.5) is 5.69 Å². The van der Waals surface area contributed by atoms with E-state index in [1.54, 1.807) is 0 Å². The third kappa shape index (κ3) is 2.13. The van der Waals surface area contributed by atoms with E-state index in [9.17, 15) is 4.79 Å². The fourth-order valence-corrected chi connectivity index (χ4v) is 3.27. The number of aromatic nitrogens is 2. The third-order valence-electron chi connectivity index (χ3n) is 4.53. The van der Waals surface area contributed by atoms with Crippen LogP contribution in [0.1, 0.15) is 34.2 Å². The average Bonchev–Trinajstić information content (AvgIpc) is 2.85. The number of hydrogen-bond acceptors (Lipinski definition) is 2. The van der Waals surface area contributed by atoms with Gasteiger partial charge in [-0.1, -0.05) is 25.1 Å². The minimum atomic E-state index is 0.0465. The molecule has 23 heavy (non-hydrogen) atoms. The summed E-state index contributed by atoms with van der Waals surface area (Å²) in [6.45, 7) is 4.85. The van der Waals surface area contributed by atoms with Crippen LogP contribution in [0, 0.1) is 6.92 Å². The molecule has 2 aliphatic rings. The van der Waals surface area contributed by atoms with Crippen molar-refractivity contribution in [3.63, 3.8) is 0 Å². The Bertz CT molecular complexity index is 857. The quantitative estimate of drug-likeness (QED) is 0.872. The van der Waals surface area contributed by atoms with E-state index in [1.165, 1.54) is 0 Å². The van der Waals surface area contributed by atoms with Gasteiger partial charge in [0.25, 0.3) is 5.91 Å². The molecule has 116 valence electrons. The SMILES string of the molecule is CCc1nn(C2=CC=C2)c2c1CCN(c1cccc(C)c1)C2=O. The van der Waals surface area contributed by atoms with Crippen molar-refractivity contribution in [3.05, 3.63) is 65.0 Å². The third-order valence-corrected chi connectivity index (χ3v) is 4.53. The fourth-order valence-electron chi connectivity index (χ4n) is 3.27. The molecule has 0 saturated carbocycles. The number of aryl methyl sites for hydroxylation is 2.